The third-order valence-corrected chi connectivity index (χ3v) is 7.31. The second-order valence-electron chi connectivity index (χ2n) is 8.42. The fourth-order valence-electron chi connectivity index (χ4n) is 4.05. The number of sulfonamides is 1. The maximum Gasteiger partial charge on any atom is 0.245 e. The lowest BCUT2D eigenvalue weighted by molar-refractivity contribution is -0.134. The molecule has 2 aromatic carbocycles. The van der Waals surface area contributed by atoms with Gasteiger partial charge in [0.2, 0.25) is 21.8 Å². The third kappa shape index (κ3) is 7.35. The molecule has 0 radical (unpaired) electrons. The van der Waals surface area contributed by atoms with Crippen LogP contribution >= 0.6 is 0 Å². The second-order valence-corrected chi connectivity index (χ2v) is 10.5. The maximum atomic E-state index is 13.0. The van der Waals surface area contributed by atoms with Crippen LogP contribution < -0.4 is 15.9 Å². The molecule has 0 spiro atoms. The average Bonchev–Trinajstić information content (AvgIpc) is 3.29. The highest BCUT2D eigenvalue weighted by molar-refractivity contribution is 7.89. The highest BCUT2D eigenvalue weighted by Crippen LogP contribution is 2.23. The number of carbonyl (C=O) groups excluding carboxylic acids is 2. The molecule has 3 rings (SSSR count). The molecule has 2 amide bonds. The van der Waals surface area contributed by atoms with E-state index in [4.69, 9.17) is 5.84 Å². The van der Waals surface area contributed by atoms with E-state index in [-0.39, 0.29) is 17.9 Å². The smallest absolute Gasteiger partial charge is 0.245 e. The van der Waals surface area contributed by atoms with Gasteiger partial charge in [-0.3, -0.25) is 19.8 Å². The van der Waals surface area contributed by atoms with Crippen LogP contribution in [0.5, 0.6) is 5.75 Å². The van der Waals surface area contributed by atoms with Gasteiger partial charge in [-0.25, -0.2) is 13.1 Å². The molecule has 2 atom stereocenters. The molecular formula is C24H31N5O5S. The Hall–Kier alpha value is -3.28. The van der Waals surface area contributed by atoms with Gasteiger partial charge in [0.15, 0.2) is 0 Å². The van der Waals surface area contributed by atoms with Crippen LogP contribution in [0.4, 0.5) is 0 Å². The van der Waals surface area contributed by atoms with Crippen LogP contribution in [0.2, 0.25) is 0 Å². The summed E-state index contributed by atoms with van der Waals surface area (Å²) < 4.78 is 26.8. The molecule has 1 aliphatic heterocycles. The minimum Gasteiger partial charge on any atom is -0.507 e. The van der Waals surface area contributed by atoms with E-state index in [1.54, 1.807) is 36.4 Å². The summed E-state index contributed by atoms with van der Waals surface area (Å²) in [5.41, 5.74) is 2.04. The lowest BCUT2D eigenvalue weighted by Crippen LogP contribution is -2.53. The Labute approximate surface area is 205 Å². The molecule has 0 aliphatic carbocycles. The summed E-state index contributed by atoms with van der Waals surface area (Å²) in [6, 6.07) is 12.4. The molecule has 0 bridgehead atoms. The quantitative estimate of drug-likeness (QED) is 0.214. The van der Waals surface area contributed by atoms with Crippen molar-refractivity contribution >= 4 is 28.1 Å². The first-order valence-corrected chi connectivity index (χ1v) is 13.1. The Kier molecular flexibility index (Phi) is 8.96. The van der Waals surface area contributed by atoms with Crippen molar-refractivity contribution in [2.75, 3.05) is 12.3 Å². The molecule has 0 saturated carbocycles. The van der Waals surface area contributed by atoms with Gasteiger partial charge in [-0.15, -0.1) is 0 Å². The van der Waals surface area contributed by atoms with Crippen LogP contribution in [-0.2, 0) is 32.6 Å². The number of hydrazone groups is 1. The summed E-state index contributed by atoms with van der Waals surface area (Å²) >= 11 is 0. The molecule has 0 unspecified atom stereocenters. The summed E-state index contributed by atoms with van der Waals surface area (Å²) in [6.07, 6.45) is 2.79. The molecule has 0 aromatic heterocycles. The number of likely N-dealkylation sites (tertiary alicyclic amines) is 1. The number of hydrogen-bond acceptors (Lipinski definition) is 8. The van der Waals surface area contributed by atoms with Crippen LogP contribution in [0.1, 0.15) is 36.5 Å². The number of imide groups is 1. The fourth-order valence-corrected chi connectivity index (χ4v) is 4.84. The van der Waals surface area contributed by atoms with Gasteiger partial charge in [-0.1, -0.05) is 36.4 Å². The van der Waals surface area contributed by atoms with Crippen molar-refractivity contribution in [2.24, 2.45) is 10.9 Å². The topological polar surface area (TPSA) is 154 Å². The SMILES string of the molecule is CCS(=O)(=O)N[C@H](Cc1ccccc1)C(=O)NC(=O)[C@@H]1CCCN1Cc1ccc(C=NN)c(O)c1. The van der Waals surface area contributed by atoms with Gasteiger partial charge in [0.05, 0.1) is 18.0 Å². The summed E-state index contributed by atoms with van der Waals surface area (Å²) in [4.78, 5) is 27.9. The number of benzene rings is 2. The monoisotopic (exact) mass is 501 g/mol. The van der Waals surface area contributed by atoms with Gasteiger partial charge in [-0.05, 0) is 56.0 Å². The van der Waals surface area contributed by atoms with Gasteiger partial charge in [0.1, 0.15) is 11.8 Å². The summed E-state index contributed by atoms with van der Waals surface area (Å²) in [7, 11) is -3.68. The number of hydrogen-bond donors (Lipinski definition) is 4. The third-order valence-electron chi connectivity index (χ3n) is 5.91. The average molecular weight is 502 g/mol. The first kappa shape index (κ1) is 26.3. The molecule has 11 heteroatoms. The van der Waals surface area contributed by atoms with Crippen molar-refractivity contribution in [3.8, 4) is 5.75 Å². The van der Waals surface area contributed by atoms with Gasteiger partial charge < -0.3 is 10.9 Å². The number of nitrogens with zero attached hydrogens (tertiary/aromatic N) is 2. The number of rotatable bonds is 10. The van der Waals surface area contributed by atoms with Gasteiger partial charge in [0.25, 0.3) is 0 Å². The summed E-state index contributed by atoms with van der Waals surface area (Å²) in [5, 5.41) is 16.0. The van der Waals surface area contributed by atoms with E-state index in [1.165, 1.54) is 13.1 Å². The minimum atomic E-state index is -3.68. The predicted octanol–water partition coefficient (Wildman–Crippen LogP) is 0.843. The van der Waals surface area contributed by atoms with Crippen LogP contribution in [0.25, 0.3) is 0 Å². The largest absolute Gasteiger partial charge is 0.507 e. The maximum absolute atomic E-state index is 13.0. The Morgan fingerprint density at radius 1 is 1.23 bits per heavy atom. The summed E-state index contributed by atoms with van der Waals surface area (Å²) in [5.74, 6) is 3.82. The molecule has 188 valence electrons. The van der Waals surface area contributed by atoms with E-state index < -0.39 is 33.9 Å². The molecule has 1 saturated heterocycles. The van der Waals surface area contributed by atoms with Gasteiger partial charge in [0, 0.05) is 12.1 Å². The van der Waals surface area contributed by atoms with E-state index >= 15 is 0 Å². The Bertz CT molecular complexity index is 1170. The number of nitrogens with two attached hydrogens (primary N) is 1. The lowest BCUT2D eigenvalue weighted by atomic mass is 10.1. The van der Waals surface area contributed by atoms with Gasteiger partial charge in [-0.2, -0.15) is 5.10 Å². The number of phenols is 1. The first-order chi connectivity index (χ1) is 16.7. The number of carbonyl (C=O) groups is 2. The van der Waals surface area contributed by atoms with Crippen LogP contribution in [0.3, 0.4) is 0 Å². The Balaban J connectivity index is 1.69. The highest BCUT2D eigenvalue weighted by Gasteiger charge is 2.33. The van der Waals surface area contributed by atoms with Crippen molar-refractivity contribution in [3.05, 3.63) is 65.2 Å². The van der Waals surface area contributed by atoms with Crippen LogP contribution in [0, 0.1) is 0 Å². The second kappa shape index (κ2) is 11.9. The Morgan fingerprint density at radius 3 is 2.63 bits per heavy atom. The van der Waals surface area contributed by atoms with Crippen molar-refractivity contribution in [2.45, 2.75) is 44.8 Å². The van der Waals surface area contributed by atoms with E-state index in [2.05, 4.69) is 15.1 Å². The predicted molar refractivity (Wildman–Crippen MR) is 133 cm³/mol. The van der Waals surface area contributed by atoms with Crippen molar-refractivity contribution < 1.29 is 23.1 Å². The number of aromatic hydroxyl groups is 1. The van der Waals surface area contributed by atoms with Gasteiger partial charge >= 0.3 is 0 Å². The zero-order valence-corrected chi connectivity index (χ0v) is 20.4. The van der Waals surface area contributed by atoms with E-state index in [0.29, 0.717) is 25.1 Å². The minimum absolute atomic E-state index is 0.0269. The first-order valence-electron chi connectivity index (χ1n) is 11.4. The molecule has 2 aromatic rings. The molecule has 1 fully saturated rings. The zero-order valence-electron chi connectivity index (χ0n) is 19.6. The summed E-state index contributed by atoms with van der Waals surface area (Å²) in [6.45, 7) is 2.53. The van der Waals surface area contributed by atoms with Crippen LogP contribution in [-0.4, -0.2) is 60.8 Å². The normalized spacial score (nSPS) is 17.5. The molecule has 1 heterocycles. The van der Waals surface area contributed by atoms with E-state index in [9.17, 15) is 23.1 Å². The lowest BCUT2D eigenvalue weighted by Gasteiger charge is -2.25. The van der Waals surface area contributed by atoms with Crippen LogP contribution in [0.15, 0.2) is 53.6 Å². The highest BCUT2D eigenvalue weighted by atomic mass is 32.2. The molecular weight excluding hydrogens is 470 g/mol. The van der Waals surface area contributed by atoms with Crippen molar-refractivity contribution in [1.82, 2.24) is 14.9 Å². The number of phenolic OH excluding ortho intramolecular Hbond substituents is 1. The standard InChI is InChI=1S/C24H31N5O5S/c1-2-35(33,34)28-20(13-17-7-4-3-5-8-17)23(31)27-24(32)21-9-6-12-29(21)16-18-10-11-19(15-26-25)22(30)14-18/h3-5,7-8,10-11,14-15,20-21,28,30H,2,6,9,12-13,16,25H2,1H3,(H,27,31,32)/t20-,21+/m1/s1. The molecule has 10 nitrogen and oxygen atoms in total. The molecule has 5 N–H and O–H groups in total. The molecule has 35 heavy (non-hydrogen) atoms. The molecule has 1 aliphatic rings. The zero-order chi connectivity index (χ0) is 25.4. The number of nitrogens with one attached hydrogen (secondary N) is 2. The van der Waals surface area contributed by atoms with Crippen molar-refractivity contribution in [1.29, 1.82) is 0 Å². The fraction of sp³-hybridized carbons (Fsp3) is 0.375. The van der Waals surface area contributed by atoms with Crippen molar-refractivity contribution in [3.63, 3.8) is 0 Å². The number of amides is 2. The van der Waals surface area contributed by atoms with E-state index in [0.717, 1.165) is 17.5 Å². The Morgan fingerprint density at radius 2 is 1.97 bits per heavy atom. The van der Waals surface area contributed by atoms with E-state index in [1.807, 2.05) is 17.0 Å².